The van der Waals surface area contributed by atoms with Crippen molar-refractivity contribution in [1.82, 2.24) is 5.32 Å². The molecule has 0 aliphatic heterocycles. The van der Waals surface area contributed by atoms with Gasteiger partial charge in [0.25, 0.3) is 5.91 Å². The number of nitrogens with one attached hydrogen (secondary N) is 1. The smallest absolute Gasteiger partial charge is 0.251 e. The second-order valence-electron chi connectivity index (χ2n) is 2.81. The summed E-state index contributed by atoms with van der Waals surface area (Å²) in [5, 5.41) is 3.77. The number of amides is 1. The van der Waals surface area contributed by atoms with E-state index in [0.29, 0.717) is 0 Å². The summed E-state index contributed by atoms with van der Waals surface area (Å²) in [6, 6.07) is 7.56. The molecule has 2 nitrogen and oxygen atoms in total. The van der Waals surface area contributed by atoms with Crippen LogP contribution >= 0.6 is 38.5 Å². The Bertz CT molecular complexity index is 317. The average Bonchev–Trinajstić information content (AvgIpc) is 2.18. The summed E-state index contributed by atoms with van der Waals surface area (Å²) in [6.45, 7) is 0.718. The molecular weight excluding hydrogens is 357 g/mol. The van der Waals surface area contributed by atoms with Crippen molar-refractivity contribution in [2.45, 2.75) is 6.42 Å². The van der Waals surface area contributed by atoms with E-state index in [1.807, 2.05) is 24.3 Å². The SMILES string of the molecule is O=C(NCCCBr)c1cccc(I)c1. The molecule has 0 aromatic heterocycles. The predicted octanol–water partition coefficient (Wildman–Crippen LogP) is 2.81. The summed E-state index contributed by atoms with van der Waals surface area (Å²) in [5.74, 6) is 0.00414. The van der Waals surface area contributed by atoms with Gasteiger partial charge in [0.15, 0.2) is 0 Å². The third-order valence-corrected chi connectivity index (χ3v) is 2.91. The summed E-state index contributed by atoms with van der Waals surface area (Å²) in [7, 11) is 0. The van der Waals surface area contributed by atoms with Crippen LogP contribution in [0.5, 0.6) is 0 Å². The van der Waals surface area contributed by atoms with E-state index < -0.39 is 0 Å². The molecule has 1 N–H and O–H groups in total. The van der Waals surface area contributed by atoms with Crippen molar-refractivity contribution in [3.8, 4) is 0 Å². The lowest BCUT2D eigenvalue weighted by atomic mass is 10.2. The lowest BCUT2D eigenvalue weighted by Crippen LogP contribution is -2.24. The predicted molar refractivity (Wildman–Crippen MR) is 69.9 cm³/mol. The highest BCUT2D eigenvalue weighted by Gasteiger charge is 2.03. The molecule has 76 valence electrons. The van der Waals surface area contributed by atoms with Gasteiger partial charge in [-0.2, -0.15) is 0 Å². The van der Waals surface area contributed by atoms with Crippen LogP contribution in [-0.2, 0) is 0 Å². The summed E-state index contributed by atoms with van der Waals surface area (Å²) in [6.07, 6.45) is 0.954. The second kappa shape index (κ2) is 6.40. The summed E-state index contributed by atoms with van der Waals surface area (Å²) >= 11 is 5.51. The van der Waals surface area contributed by atoms with Crippen LogP contribution in [0.3, 0.4) is 0 Å². The van der Waals surface area contributed by atoms with E-state index in [2.05, 4.69) is 43.8 Å². The molecular formula is C10H11BrINO. The molecule has 0 atom stereocenters. The van der Waals surface area contributed by atoms with Crippen LogP contribution in [0, 0.1) is 3.57 Å². The zero-order valence-electron chi connectivity index (χ0n) is 7.59. The summed E-state index contributed by atoms with van der Waals surface area (Å²) < 4.78 is 1.08. The van der Waals surface area contributed by atoms with Crippen molar-refractivity contribution in [1.29, 1.82) is 0 Å². The first-order chi connectivity index (χ1) is 6.74. The van der Waals surface area contributed by atoms with Gasteiger partial charge in [0.1, 0.15) is 0 Å². The van der Waals surface area contributed by atoms with Gasteiger partial charge in [0.05, 0.1) is 0 Å². The zero-order chi connectivity index (χ0) is 10.4. The Morgan fingerprint density at radius 1 is 1.50 bits per heavy atom. The molecule has 0 bridgehead atoms. The maximum atomic E-state index is 11.5. The van der Waals surface area contributed by atoms with Gasteiger partial charge in [0.2, 0.25) is 0 Å². The Morgan fingerprint density at radius 3 is 2.93 bits per heavy atom. The Kier molecular flexibility index (Phi) is 5.47. The van der Waals surface area contributed by atoms with Gasteiger partial charge < -0.3 is 5.32 Å². The molecule has 4 heteroatoms. The molecule has 0 saturated heterocycles. The molecule has 1 amide bonds. The molecule has 0 fully saturated rings. The first-order valence-corrected chi connectivity index (χ1v) is 6.54. The molecule has 1 rings (SSSR count). The Morgan fingerprint density at radius 2 is 2.29 bits per heavy atom. The fourth-order valence-electron chi connectivity index (χ4n) is 1.00. The molecule has 0 aliphatic carbocycles. The minimum atomic E-state index is 0.00414. The number of hydrogen-bond acceptors (Lipinski definition) is 1. The molecule has 1 aromatic carbocycles. The molecule has 0 radical (unpaired) electrons. The number of alkyl halides is 1. The lowest BCUT2D eigenvalue weighted by molar-refractivity contribution is 0.0954. The molecule has 1 aromatic rings. The van der Waals surface area contributed by atoms with Crippen LogP contribution in [0.2, 0.25) is 0 Å². The van der Waals surface area contributed by atoms with Gasteiger partial charge in [-0.05, 0) is 47.2 Å². The van der Waals surface area contributed by atoms with E-state index in [-0.39, 0.29) is 5.91 Å². The van der Waals surface area contributed by atoms with Crippen molar-refractivity contribution in [3.63, 3.8) is 0 Å². The third kappa shape index (κ3) is 3.96. The van der Waals surface area contributed by atoms with Crippen molar-refractivity contribution in [3.05, 3.63) is 33.4 Å². The maximum Gasteiger partial charge on any atom is 0.251 e. The minimum absolute atomic E-state index is 0.00414. The molecule has 14 heavy (non-hydrogen) atoms. The van der Waals surface area contributed by atoms with Gasteiger partial charge in [-0.1, -0.05) is 22.0 Å². The highest BCUT2D eigenvalue weighted by Crippen LogP contribution is 2.07. The fraction of sp³-hybridized carbons (Fsp3) is 0.300. The van der Waals surface area contributed by atoms with Crippen LogP contribution in [0.4, 0.5) is 0 Å². The Hall–Kier alpha value is -0.100. The number of hydrogen-bond donors (Lipinski definition) is 1. The third-order valence-electron chi connectivity index (χ3n) is 1.68. The van der Waals surface area contributed by atoms with Crippen molar-refractivity contribution in [2.75, 3.05) is 11.9 Å². The largest absolute Gasteiger partial charge is 0.352 e. The topological polar surface area (TPSA) is 29.1 Å². The van der Waals surface area contributed by atoms with E-state index in [4.69, 9.17) is 0 Å². The van der Waals surface area contributed by atoms with Crippen molar-refractivity contribution in [2.24, 2.45) is 0 Å². The van der Waals surface area contributed by atoms with Gasteiger partial charge in [-0.3, -0.25) is 4.79 Å². The Balaban J connectivity index is 2.52. The summed E-state index contributed by atoms with van der Waals surface area (Å²) in [4.78, 5) is 11.5. The average molecular weight is 368 g/mol. The number of carbonyl (C=O) groups is 1. The van der Waals surface area contributed by atoms with Crippen molar-refractivity contribution >= 4 is 44.4 Å². The monoisotopic (exact) mass is 367 g/mol. The van der Waals surface area contributed by atoms with Crippen LogP contribution in [0.1, 0.15) is 16.8 Å². The fourth-order valence-corrected chi connectivity index (χ4v) is 1.82. The van der Waals surface area contributed by atoms with Crippen LogP contribution in [0.15, 0.2) is 24.3 Å². The van der Waals surface area contributed by atoms with E-state index in [0.717, 1.165) is 27.4 Å². The summed E-state index contributed by atoms with van der Waals surface area (Å²) in [5.41, 5.74) is 0.728. The first-order valence-electron chi connectivity index (χ1n) is 4.34. The zero-order valence-corrected chi connectivity index (χ0v) is 11.3. The molecule has 0 saturated carbocycles. The number of carbonyl (C=O) groups excluding carboxylic acids is 1. The van der Waals surface area contributed by atoms with E-state index in [1.54, 1.807) is 0 Å². The normalized spacial score (nSPS) is 9.86. The van der Waals surface area contributed by atoms with Gasteiger partial charge in [-0.25, -0.2) is 0 Å². The first kappa shape index (κ1) is 12.0. The quantitative estimate of drug-likeness (QED) is 0.495. The van der Waals surface area contributed by atoms with E-state index in [9.17, 15) is 4.79 Å². The van der Waals surface area contributed by atoms with E-state index >= 15 is 0 Å². The van der Waals surface area contributed by atoms with Crippen molar-refractivity contribution < 1.29 is 4.79 Å². The van der Waals surface area contributed by atoms with Gasteiger partial charge >= 0.3 is 0 Å². The highest BCUT2D eigenvalue weighted by atomic mass is 127. The minimum Gasteiger partial charge on any atom is -0.352 e. The lowest BCUT2D eigenvalue weighted by Gasteiger charge is -2.03. The Labute approximate surface area is 106 Å². The van der Waals surface area contributed by atoms with Crippen LogP contribution in [-0.4, -0.2) is 17.8 Å². The van der Waals surface area contributed by atoms with E-state index in [1.165, 1.54) is 0 Å². The second-order valence-corrected chi connectivity index (χ2v) is 4.85. The molecule has 0 unspecified atom stereocenters. The molecule has 0 aliphatic rings. The number of halogens is 2. The highest BCUT2D eigenvalue weighted by molar-refractivity contribution is 14.1. The number of rotatable bonds is 4. The van der Waals surface area contributed by atoms with Crippen LogP contribution < -0.4 is 5.32 Å². The number of benzene rings is 1. The standard InChI is InChI=1S/C10H11BrINO/c11-5-2-6-13-10(14)8-3-1-4-9(12)7-8/h1,3-4,7H,2,5-6H2,(H,13,14). The molecule has 0 heterocycles. The van der Waals surface area contributed by atoms with Gasteiger partial charge in [-0.15, -0.1) is 0 Å². The van der Waals surface area contributed by atoms with Crippen LogP contribution in [0.25, 0.3) is 0 Å². The van der Waals surface area contributed by atoms with Gasteiger partial charge in [0, 0.05) is 21.0 Å². The maximum absolute atomic E-state index is 11.5. The molecule has 0 spiro atoms.